The summed E-state index contributed by atoms with van der Waals surface area (Å²) in [6.07, 6.45) is 3.41. The van der Waals surface area contributed by atoms with Crippen molar-refractivity contribution in [1.29, 1.82) is 0 Å². The Morgan fingerprint density at radius 3 is 2.23 bits per heavy atom. The molecule has 0 aromatic heterocycles. The molecule has 0 N–H and O–H groups in total. The molecule has 4 heteroatoms. The monoisotopic (exact) mass is 644 g/mol. The molecule has 1 aliphatic heterocycles. The maximum absolute atomic E-state index is 7.83. The molecule has 1 unspecified atom stereocenters. The number of benzene rings is 4. The number of hydrogen-bond acceptors (Lipinski definition) is 0. The van der Waals surface area contributed by atoms with Crippen LogP contribution in [-0.4, -0.2) is 9.52 Å². The first-order valence-electron chi connectivity index (χ1n) is 14.1. The van der Waals surface area contributed by atoms with Gasteiger partial charge in [0.1, 0.15) is 0 Å². The molecular formula is C35H36Cl2SiZr. The van der Waals surface area contributed by atoms with Crippen molar-refractivity contribution in [3.63, 3.8) is 0 Å². The Bertz CT molecular complexity index is 1640. The average molecular weight is 647 g/mol. The zero-order chi connectivity index (χ0) is 27.7. The summed E-state index contributed by atoms with van der Waals surface area (Å²) in [6.45, 7) is 13.6. The summed E-state index contributed by atoms with van der Waals surface area (Å²) in [5.41, 5.74) is 13.5. The second-order valence-corrected chi connectivity index (χ2v) is 28.2. The summed E-state index contributed by atoms with van der Waals surface area (Å²) < 4.78 is 1.42. The van der Waals surface area contributed by atoms with Crippen LogP contribution in [0.2, 0.25) is 0 Å². The van der Waals surface area contributed by atoms with E-state index in [4.69, 9.17) is 17.0 Å². The first-order chi connectivity index (χ1) is 18.5. The zero-order valence-electron chi connectivity index (χ0n) is 23.8. The summed E-state index contributed by atoms with van der Waals surface area (Å²) in [5, 5.41) is 3.00. The summed E-state index contributed by atoms with van der Waals surface area (Å²) >= 11 is -3.96. The summed E-state index contributed by atoms with van der Waals surface area (Å²) in [6, 6.07) is 27.3. The fraction of sp³-hybridized carbons (Fsp3) is 0.257. The molecule has 4 aromatic rings. The summed E-state index contributed by atoms with van der Waals surface area (Å²) in [5.74, 6) is 0. The molecule has 0 nitrogen and oxygen atoms in total. The zero-order valence-corrected chi connectivity index (χ0v) is 29.1. The van der Waals surface area contributed by atoms with Crippen LogP contribution >= 0.6 is 17.0 Å². The second kappa shape index (κ2) is 9.99. The van der Waals surface area contributed by atoms with Gasteiger partial charge in [-0.2, -0.15) is 0 Å². The van der Waals surface area contributed by atoms with Crippen molar-refractivity contribution in [1.82, 2.24) is 0 Å². The predicted octanol–water partition coefficient (Wildman–Crippen LogP) is 8.00. The van der Waals surface area contributed by atoms with Crippen molar-refractivity contribution in [3.8, 4) is 22.3 Å². The van der Waals surface area contributed by atoms with Crippen LogP contribution in [0.25, 0.3) is 28.3 Å². The van der Waals surface area contributed by atoms with E-state index in [1.165, 1.54) is 69.3 Å². The normalized spacial score (nSPS) is 16.7. The Hall–Kier alpha value is -1.70. The van der Waals surface area contributed by atoms with Crippen LogP contribution in [0.4, 0.5) is 0 Å². The van der Waals surface area contributed by atoms with Gasteiger partial charge in [0.15, 0.2) is 0 Å². The van der Waals surface area contributed by atoms with Crippen molar-refractivity contribution >= 4 is 46.3 Å². The van der Waals surface area contributed by atoms with Crippen LogP contribution < -0.4 is 13.6 Å². The molecule has 0 saturated heterocycles. The molecule has 0 amide bonds. The van der Waals surface area contributed by atoms with E-state index in [1.54, 1.807) is 0 Å². The molecule has 1 atom stereocenters. The van der Waals surface area contributed by atoms with Gasteiger partial charge >= 0.3 is 250 Å². The van der Waals surface area contributed by atoms with E-state index < -0.39 is 27.4 Å². The van der Waals surface area contributed by atoms with Gasteiger partial charge in [0.2, 0.25) is 0 Å². The second-order valence-electron chi connectivity index (χ2n) is 12.4. The van der Waals surface area contributed by atoms with E-state index in [-0.39, 0.29) is 9.04 Å². The average Bonchev–Trinajstić information content (AvgIpc) is 3.45. The molecular weight excluding hydrogens is 611 g/mol. The molecule has 2 aliphatic rings. The van der Waals surface area contributed by atoms with Crippen LogP contribution in [0.5, 0.6) is 0 Å². The minimum absolute atomic E-state index is 0.0141. The number of allylic oxidation sites excluding steroid dienone is 1. The number of fused-ring (bicyclic) bond motifs is 4. The molecule has 0 spiro atoms. The molecule has 1 aliphatic carbocycles. The van der Waals surface area contributed by atoms with Crippen LogP contribution in [0.1, 0.15) is 65.6 Å². The molecule has 39 heavy (non-hydrogen) atoms. The van der Waals surface area contributed by atoms with Crippen LogP contribution in [-0.2, 0) is 23.3 Å². The fourth-order valence-corrected chi connectivity index (χ4v) is 23.9. The van der Waals surface area contributed by atoms with Gasteiger partial charge in [-0.05, 0) is 0 Å². The van der Waals surface area contributed by atoms with Gasteiger partial charge in [0.05, 0.1) is 0 Å². The van der Waals surface area contributed by atoms with Gasteiger partial charge in [-0.1, -0.05) is 0 Å². The van der Waals surface area contributed by atoms with Gasteiger partial charge in [0, 0.05) is 0 Å². The third-order valence-corrected chi connectivity index (χ3v) is 22.9. The van der Waals surface area contributed by atoms with E-state index in [0.29, 0.717) is 0 Å². The van der Waals surface area contributed by atoms with E-state index in [9.17, 15) is 0 Å². The topological polar surface area (TPSA) is 0 Å². The predicted molar refractivity (Wildman–Crippen MR) is 172 cm³/mol. The van der Waals surface area contributed by atoms with Crippen molar-refractivity contribution < 1.29 is 17.9 Å². The SMILES string of the molecule is CCC1=Cc2c(ccc(C(C)(C)C)c2-c2cc(C)cc(C)c2)[CH]1[Zr]([Cl])([Cl])[c]1cccc2c1[SiH2]c1ccccc1-2. The van der Waals surface area contributed by atoms with Crippen molar-refractivity contribution in [2.45, 2.75) is 57.0 Å². The summed E-state index contributed by atoms with van der Waals surface area (Å²) in [7, 11) is 15.0. The van der Waals surface area contributed by atoms with Gasteiger partial charge in [-0.15, -0.1) is 0 Å². The Morgan fingerprint density at radius 2 is 1.54 bits per heavy atom. The molecule has 0 bridgehead atoms. The number of rotatable bonds is 4. The summed E-state index contributed by atoms with van der Waals surface area (Å²) in [4.78, 5) is 0. The maximum atomic E-state index is 7.83. The molecule has 6 rings (SSSR count). The number of hydrogen-bond donors (Lipinski definition) is 0. The van der Waals surface area contributed by atoms with E-state index >= 15 is 0 Å². The third kappa shape index (κ3) is 4.61. The minimum atomic E-state index is -3.96. The number of halogens is 2. The molecule has 198 valence electrons. The van der Waals surface area contributed by atoms with Gasteiger partial charge in [-0.3, -0.25) is 0 Å². The van der Waals surface area contributed by atoms with Gasteiger partial charge in [-0.25, -0.2) is 0 Å². The molecule has 0 fully saturated rings. The van der Waals surface area contributed by atoms with Gasteiger partial charge < -0.3 is 0 Å². The first-order valence-corrected chi connectivity index (χ1v) is 24.4. The van der Waals surface area contributed by atoms with Gasteiger partial charge in [0.25, 0.3) is 0 Å². The Balaban J connectivity index is 1.56. The van der Waals surface area contributed by atoms with E-state index in [0.717, 1.165) is 6.42 Å². The third-order valence-electron chi connectivity index (χ3n) is 8.59. The Morgan fingerprint density at radius 1 is 0.846 bits per heavy atom. The van der Waals surface area contributed by atoms with Crippen molar-refractivity contribution in [3.05, 3.63) is 106 Å². The first kappa shape index (κ1) is 27.5. The standard InChI is InChI=1S/C23H27.C12H9Si.2ClH.Zr/c1-7-17-13-18-8-9-21(23(4,5)6)22(20(18)14-17)19-11-15(2)10-16(3)12-19;1-3-7-11-9(5-1)10-6-2-4-8-12(10)13-11;;;/h8-14H,7H2,1-6H3;1-7H,13H2;2*1H;/q;;;;+2/p-2. The quantitative estimate of drug-likeness (QED) is 0.174. The van der Waals surface area contributed by atoms with Crippen molar-refractivity contribution in [2.75, 3.05) is 0 Å². The molecule has 0 radical (unpaired) electrons. The van der Waals surface area contributed by atoms with E-state index in [2.05, 4.69) is 120 Å². The molecule has 0 saturated carbocycles. The Labute approximate surface area is 247 Å². The fourth-order valence-electron chi connectivity index (χ4n) is 6.93. The molecule has 4 aromatic carbocycles. The Kier molecular flexibility index (Phi) is 7.03. The van der Waals surface area contributed by atoms with Crippen LogP contribution in [0.15, 0.2) is 78.4 Å². The van der Waals surface area contributed by atoms with Crippen molar-refractivity contribution in [2.24, 2.45) is 0 Å². The van der Waals surface area contributed by atoms with Crippen LogP contribution in [0, 0.1) is 13.8 Å². The molecule has 1 heterocycles. The van der Waals surface area contributed by atoms with E-state index in [1.807, 2.05) is 0 Å². The number of aryl methyl sites for hydroxylation is 2. The van der Waals surface area contributed by atoms with Crippen LogP contribution in [0.3, 0.4) is 0 Å².